The Morgan fingerprint density at radius 2 is 2.00 bits per heavy atom. The molecule has 2 N–H and O–H groups in total. The molecule has 1 aromatic heterocycles. The Balaban J connectivity index is 1.51. The van der Waals surface area contributed by atoms with Crippen molar-refractivity contribution in [2.45, 2.75) is 51.9 Å². The number of alkyl halides is 3. The molecule has 5 rings (SSSR count). The maximum atomic E-state index is 13.9. The molecule has 2 heterocycles. The third kappa shape index (κ3) is 5.57. The smallest absolute Gasteiger partial charge is 0.372 e. The molecule has 200 valence electrons. The Labute approximate surface area is 218 Å². The summed E-state index contributed by atoms with van der Waals surface area (Å²) >= 11 is 0. The topological polar surface area (TPSA) is 87.4 Å². The zero-order valence-electron chi connectivity index (χ0n) is 21.5. The number of aliphatic imine (C=N–C) groups is 1. The second-order valence-electron chi connectivity index (χ2n) is 10.1. The number of benzene rings is 2. The first kappa shape index (κ1) is 25.9. The minimum absolute atomic E-state index is 0.00482. The van der Waals surface area contributed by atoms with Crippen molar-refractivity contribution in [3.05, 3.63) is 59.4 Å². The van der Waals surface area contributed by atoms with Gasteiger partial charge in [-0.3, -0.25) is 9.79 Å². The summed E-state index contributed by atoms with van der Waals surface area (Å²) in [6.45, 7) is 5.21. The highest BCUT2D eigenvalue weighted by Gasteiger charge is 2.36. The normalized spacial score (nSPS) is 15.7. The predicted octanol–water partition coefficient (Wildman–Crippen LogP) is 5.09. The average molecular weight is 526 g/mol. The fourth-order valence-corrected chi connectivity index (χ4v) is 4.40. The Morgan fingerprint density at radius 3 is 2.71 bits per heavy atom. The van der Waals surface area contributed by atoms with Gasteiger partial charge in [-0.15, -0.1) is 5.10 Å². The van der Waals surface area contributed by atoms with Gasteiger partial charge in [-0.05, 0) is 69.0 Å². The summed E-state index contributed by atoms with van der Waals surface area (Å²) in [5.41, 5.74) is 2.28. The minimum Gasteiger partial charge on any atom is -0.372 e. The van der Waals surface area contributed by atoms with Gasteiger partial charge in [0.1, 0.15) is 0 Å². The zero-order valence-corrected chi connectivity index (χ0v) is 21.5. The van der Waals surface area contributed by atoms with Crippen LogP contribution >= 0.6 is 0 Å². The lowest BCUT2D eigenvalue weighted by molar-refractivity contribution is -0.137. The second-order valence-corrected chi connectivity index (χ2v) is 10.1. The summed E-state index contributed by atoms with van der Waals surface area (Å²) in [5, 5.41) is 14.3. The van der Waals surface area contributed by atoms with Crippen LogP contribution in [0.4, 0.5) is 30.2 Å². The van der Waals surface area contributed by atoms with Crippen LogP contribution in [0.2, 0.25) is 0 Å². The van der Waals surface area contributed by atoms with Gasteiger partial charge in [0, 0.05) is 19.6 Å². The number of halogens is 3. The molecule has 38 heavy (non-hydrogen) atoms. The molecule has 1 aliphatic heterocycles. The third-order valence-electron chi connectivity index (χ3n) is 6.91. The summed E-state index contributed by atoms with van der Waals surface area (Å²) in [5.74, 6) is 0.315. The minimum atomic E-state index is -4.59. The number of hydrogen-bond acceptors (Lipinski definition) is 6. The van der Waals surface area contributed by atoms with E-state index in [-0.39, 0.29) is 29.5 Å². The summed E-state index contributed by atoms with van der Waals surface area (Å²) in [6.07, 6.45) is -0.433. The molecule has 0 saturated heterocycles. The molecule has 1 fully saturated rings. The van der Waals surface area contributed by atoms with Crippen molar-refractivity contribution < 1.29 is 18.0 Å². The maximum Gasteiger partial charge on any atom is 0.418 e. The van der Waals surface area contributed by atoms with E-state index in [0.717, 1.165) is 29.9 Å². The third-order valence-corrected chi connectivity index (χ3v) is 6.91. The first-order chi connectivity index (χ1) is 18.1. The van der Waals surface area contributed by atoms with Crippen LogP contribution in [0.15, 0.2) is 47.6 Å². The van der Waals surface area contributed by atoms with Crippen LogP contribution in [-0.4, -0.2) is 46.2 Å². The van der Waals surface area contributed by atoms with Crippen LogP contribution in [0.1, 0.15) is 49.9 Å². The largest absolute Gasteiger partial charge is 0.418 e. The average Bonchev–Trinajstić information content (AvgIpc) is 3.60. The van der Waals surface area contributed by atoms with Crippen LogP contribution < -0.4 is 15.5 Å². The number of anilines is 2. The number of amides is 1. The van der Waals surface area contributed by atoms with Crippen molar-refractivity contribution in [3.8, 4) is 5.69 Å². The van der Waals surface area contributed by atoms with Crippen LogP contribution in [0.5, 0.6) is 0 Å². The van der Waals surface area contributed by atoms with E-state index in [1.807, 2.05) is 38.1 Å². The number of aromatic nitrogens is 3. The van der Waals surface area contributed by atoms with E-state index >= 15 is 0 Å². The molecule has 3 aromatic rings. The standard InChI is InChI=1S/C27H30F3N7O/c1-16(2)36(3)25-11-24-23(10-21(25)27(28,29)30)34-26(38)12-22(33-24)18-5-4-6-19(9-18)37-20(15-32-35-37)14-31-13-17-7-8-17/h4-6,9-11,15-17,31H,7-8,12-14H2,1-3H3,(H,34,38). The molecular weight excluding hydrogens is 495 g/mol. The van der Waals surface area contributed by atoms with Gasteiger partial charge >= 0.3 is 6.18 Å². The predicted molar refractivity (Wildman–Crippen MR) is 140 cm³/mol. The fraction of sp³-hybridized carbons (Fsp3) is 0.407. The molecule has 2 aliphatic rings. The first-order valence-corrected chi connectivity index (χ1v) is 12.7. The molecule has 2 aromatic carbocycles. The van der Waals surface area contributed by atoms with Crippen molar-refractivity contribution >= 4 is 28.7 Å². The van der Waals surface area contributed by atoms with Crippen molar-refractivity contribution in [3.63, 3.8) is 0 Å². The summed E-state index contributed by atoms with van der Waals surface area (Å²) in [4.78, 5) is 19.0. The monoisotopic (exact) mass is 525 g/mol. The Bertz CT molecular complexity index is 1380. The molecule has 1 amide bonds. The van der Waals surface area contributed by atoms with E-state index in [2.05, 4.69) is 25.9 Å². The van der Waals surface area contributed by atoms with E-state index in [9.17, 15) is 18.0 Å². The lowest BCUT2D eigenvalue weighted by Gasteiger charge is -2.28. The Morgan fingerprint density at radius 1 is 1.21 bits per heavy atom. The van der Waals surface area contributed by atoms with E-state index in [1.165, 1.54) is 18.9 Å². The van der Waals surface area contributed by atoms with Gasteiger partial charge in [-0.2, -0.15) is 13.2 Å². The van der Waals surface area contributed by atoms with Gasteiger partial charge in [-0.1, -0.05) is 17.3 Å². The lowest BCUT2D eigenvalue weighted by atomic mass is 10.1. The van der Waals surface area contributed by atoms with Gasteiger partial charge in [0.15, 0.2) is 0 Å². The fourth-order valence-electron chi connectivity index (χ4n) is 4.40. The van der Waals surface area contributed by atoms with Crippen molar-refractivity contribution in [2.24, 2.45) is 10.9 Å². The van der Waals surface area contributed by atoms with Crippen molar-refractivity contribution in [1.82, 2.24) is 20.3 Å². The summed E-state index contributed by atoms with van der Waals surface area (Å²) in [6, 6.07) is 9.61. The van der Waals surface area contributed by atoms with Gasteiger partial charge in [-0.25, -0.2) is 4.68 Å². The number of carbonyl (C=O) groups excluding carboxylic acids is 1. The van der Waals surface area contributed by atoms with Gasteiger partial charge in [0.05, 0.1) is 52.3 Å². The first-order valence-electron chi connectivity index (χ1n) is 12.7. The lowest BCUT2D eigenvalue weighted by Crippen LogP contribution is -2.28. The van der Waals surface area contributed by atoms with Gasteiger partial charge in [0.25, 0.3) is 0 Å². The highest BCUT2D eigenvalue weighted by atomic mass is 19.4. The molecule has 11 heteroatoms. The molecule has 8 nitrogen and oxygen atoms in total. The number of nitrogens with one attached hydrogen (secondary N) is 2. The maximum absolute atomic E-state index is 13.9. The quantitative estimate of drug-likeness (QED) is 0.428. The molecule has 1 saturated carbocycles. The summed E-state index contributed by atoms with van der Waals surface area (Å²) < 4.78 is 43.5. The molecule has 0 radical (unpaired) electrons. The van der Waals surface area contributed by atoms with E-state index in [1.54, 1.807) is 22.8 Å². The highest BCUT2D eigenvalue weighted by Crippen LogP contribution is 2.43. The van der Waals surface area contributed by atoms with Crippen LogP contribution in [-0.2, 0) is 17.5 Å². The van der Waals surface area contributed by atoms with E-state index in [4.69, 9.17) is 0 Å². The van der Waals surface area contributed by atoms with E-state index < -0.39 is 17.6 Å². The molecule has 0 bridgehead atoms. The number of nitrogens with zero attached hydrogens (tertiary/aromatic N) is 5. The SMILES string of the molecule is CC(C)N(C)c1cc2c(cc1C(F)(F)F)NC(=O)CC(c1cccc(-n3nncc3CNCC3CC3)c1)=N2. The van der Waals surface area contributed by atoms with Crippen molar-refractivity contribution in [1.29, 1.82) is 0 Å². The van der Waals surface area contributed by atoms with Gasteiger partial charge < -0.3 is 15.5 Å². The van der Waals surface area contributed by atoms with Crippen LogP contribution in [0, 0.1) is 5.92 Å². The van der Waals surface area contributed by atoms with Crippen LogP contribution in [0.25, 0.3) is 5.69 Å². The van der Waals surface area contributed by atoms with Crippen molar-refractivity contribution in [2.75, 3.05) is 23.8 Å². The summed E-state index contributed by atoms with van der Waals surface area (Å²) in [7, 11) is 1.61. The van der Waals surface area contributed by atoms with E-state index in [0.29, 0.717) is 17.8 Å². The highest BCUT2D eigenvalue weighted by molar-refractivity contribution is 6.17. The van der Waals surface area contributed by atoms with Crippen LogP contribution in [0.3, 0.4) is 0 Å². The molecule has 1 aliphatic carbocycles. The molecular formula is C27H30F3N7O. The zero-order chi connectivity index (χ0) is 27.0. The number of carbonyl (C=O) groups is 1. The second kappa shape index (κ2) is 10.2. The Hall–Kier alpha value is -3.73. The molecule has 0 atom stereocenters. The number of hydrogen-bond donors (Lipinski definition) is 2. The molecule has 0 unspecified atom stereocenters. The Kier molecular flexibility index (Phi) is 6.95. The number of fused-ring (bicyclic) bond motifs is 1. The van der Waals surface area contributed by atoms with Gasteiger partial charge in [0.2, 0.25) is 5.91 Å². The molecule has 0 spiro atoms. The number of rotatable bonds is 8.